The molecule has 0 bridgehead atoms. The third-order valence-corrected chi connectivity index (χ3v) is 3.71. The van der Waals surface area contributed by atoms with Crippen molar-refractivity contribution >= 4 is 31.9 Å². The van der Waals surface area contributed by atoms with Gasteiger partial charge in [0.05, 0.1) is 6.04 Å². The molecule has 1 aromatic rings. The van der Waals surface area contributed by atoms with Crippen LogP contribution in [0, 0.1) is 0 Å². The molecule has 1 atom stereocenters. The molecule has 0 spiro atoms. The van der Waals surface area contributed by atoms with Gasteiger partial charge in [0.15, 0.2) is 0 Å². The summed E-state index contributed by atoms with van der Waals surface area (Å²) in [6, 6.07) is 0.410. The zero-order valence-electron chi connectivity index (χ0n) is 6.40. The summed E-state index contributed by atoms with van der Waals surface area (Å²) in [6.45, 7) is 1.10. The van der Waals surface area contributed by atoms with Crippen LogP contribution >= 0.6 is 31.9 Å². The van der Waals surface area contributed by atoms with E-state index in [1.165, 1.54) is 12.8 Å². The van der Waals surface area contributed by atoms with Gasteiger partial charge < -0.3 is 10.3 Å². The first-order valence-corrected chi connectivity index (χ1v) is 5.50. The Morgan fingerprint density at radius 3 is 2.75 bits per heavy atom. The Balaban J connectivity index is 2.21. The van der Waals surface area contributed by atoms with Crippen molar-refractivity contribution < 1.29 is 0 Å². The molecule has 0 saturated carbocycles. The molecule has 1 aliphatic heterocycles. The van der Waals surface area contributed by atoms with Crippen molar-refractivity contribution in [3.05, 3.63) is 15.0 Å². The maximum Gasteiger partial charge on any atom is 0.138 e. The summed E-state index contributed by atoms with van der Waals surface area (Å²) in [5.74, 6) is 1.02. The van der Waals surface area contributed by atoms with E-state index in [9.17, 15) is 0 Å². The van der Waals surface area contributed by atoms with Gasteiger partial charge in [-0.3, -0.25) is 0 Å². The normalized spacial score (nSPS) is 23.3. The molecule has 1 aliphatic rings. The van der Waals surface area contributed by atoms with Gasteiger partial charge in [0.2, 0.25) is 0 Å². The predicted octanol–water partition coefficient (Wildman–Crippen LogP) is 2.36. The molecule has 0 radical (unpaired) electrons. The molecule has 5 heteroatoms. The minimum Gasteiger partial charge on any atom is -0.334 e. The molecule has 3 nitrogen and oxygen atoms in total. The van der Waals surface area contributed by atoms with E-state index in [1.54, 1.807) is 0 Å². The molecular weight excluding hydrogens is 286 g/mol. The molecule has 12 heavy (non-hydrogen) atoms. The lowest BCUT2D eigenvalue weighted by atomic mass is 10.2. The largest absolute Gasteiger partial charge is 0.334 e. The van der Waals surface area contributed by atoms with E-state index in [-0.39, 0.29) is 0 Å². The number of hydrogen-bond donors (Lipinski definition) is 2. The molecule has 2 rings (SSSR count). The van der Waals surface area contributed by atoms with Crippen LogP contribution in [0.4, 0.5) is 0 Å². The van der Waals surface area contributed by atoms with Crippen LogP contribution < -0.4 is 5.32 Å². The Hall–Kier alpha value is 0.130. The minimum atomic E-state index is 0.410. The van der Waals surface area contributed by atoms with Crippen molar-refractivity contribution in [3.8, 4) is 0 Å². The second kappa shape index (κ2) is 3.47. The highest BCUT2D eigenvalue weighted by molar-refractivity contribution is 9.13. The first-order chi connectivity index (χ1) is 5.77. The van der Waals surface area contributed by atoms with Gasteiger partial charge in [0, 0.05) is 0 Å². The molecule has 66 valence electrons. The summed E-state index contributed by atoms with van der Waals surface area (Å²) < 4.78 is 1.78. The number of aromatic amines is 1. The molecule has 1 aromatic heterocycles. The lowest BCUT2D eigenvalue weighted by Crippen LogP contribution is -2.14. The van der Waals surface area contributed by atoms with Crippen molar-refractivity contribution in [3.63, 3.8) is 0 Å². The smallest absolute Gasteiger partial charge is 0.138 e. The van der Waals surface area contributed by atoms with Crippen molar-refractivity contribution in [2.45, 2.75) is 18.9 Å². The van der Waals surface area contributed by atoms with E-state index < -0.39 is 0 Å². The first kappa shape index (κ1) is 8.72. The zero-order valence-corrected chi connectivity index (χ0v) is 9.57. The number of nitrogens with zero attached hydrogens (tertiary/aromatic N) is 1. The maximum atomic E-state index is 4.34. The Labute approximate surface area is 87.6 Å². The summed E-state index contributed by atoms with van der Waals surface area (Å²) in [5.41, 5.74) is 0. The van der Waals surface area contributed by atoms with Gasteiger partial charge in [0.25, 0.3) is 0 Å². The predicted molar refractivity (Wildman–Crippen MR) is 54.0 cm³/mol. The van der Waals surface area contributed by atoms with Crippen LogP contribution in [0.2, 0.25) is 0 Å². The lowest BCUT2D eigenvalue weighted by Gasteiger charge is -2.04. The number of rotatable bonds is 1. The second-order valence-electron chi connectivity index (χ2n) is 2.88. The van der Waals surface area contributed by atoms with Crippen LogP contribution in [-0.2, 0) is 0 Å². The molecule has 2 N–H and O–H groups in total. The average Bonchev–Trinajstić information content (AvgIpc) is 2.61. The van der Waals surface area contributed by atoms with Crippen LogP contribution in [0.1, 0.15) is 24.7 Å². The van der Waals surface area contributed by atoms with Crippen LogP contribution in [0.3, 0.4) is 0 Å². The van der Waals surface area contributed by atoms with Gasteiger partial charge >= 0.3 is 0 Å². The third kappa shape index (κ3) is 1.58. The Bertz CT molecular complexity index is 259. The average molecular weight is 295 g/mol. The van der Waals surface area contributed by atoms with E-state index in [1.807, 2.05) is 0 Å². The van der Waals surface area contributed by atoms with Crippen molar-refractivity contribution in [1.29, 1.82) is 0 Å². The van der Waals surface area contributed by atoms with Crippen LogP contribution in [0.5, 0.6) is 0 Å². The molecule has 0 aromatic carbocycles. The lowest BCUT2D eigenvalue weighted by molar-refractivity contribution is 0.611. The summed E-state index contributed by atoms with van der Waals surface area (Å²) in [6.07, 6.45) is 2.41. The number of nitrogens with one attached hydrogen (secondary N) is 2. The number of hydrogen-bond acceptors (Lipinski definition) is 2. The Kier molecular flexibility index (Phi) is 2.52. The number of H-pyrrole nitrogens is 1. The van der Waals surface area contributed by atoms with E-state index in [2.05, 4.69) is 47.1 Å². The summed E-state index contributed by atoms with van der Waals surface area (Å²) in [5, 5.41) is 3.38. The molecule has 1 fully saturated rings. The van der Waals surface area contributed by atoms with Crippen molar-refractivity contribution in [2.24, 2.45) is 0 Å². The second-order valence-corrected chi connectivity index (χ2v) is 4.42. The minimum absolute atomic E-state index is 0.410. The number of imidazole rings is 1. The third-order valence-electron chi connectivity index (χ3n) is 2.03. The molecule has 0 amide bonds. The van der Waals surface area contributed by atoms with E-state index in [0.29, 0.717) is 6.04 Å². The monoisotopic (exact) mass is 293 g/mol. The quantitative estimate of drug-likeness (QED) is 0.835. The highest BCUT2D eigenvalue weighted by Gasteiger charge is 2.19. The van der Waals surface area contributed by atoms with Gasteiger partial charge in [-0.2, -0.15) is 0 Å². The Morgan fingerprint density at radius 1 is 1.42 bits per heavy atom. The van der Waals surface area contributed by atoms with E-state index >= 15 is 0 Å². The number of halogens is 2. The fourth-order valence-electron chi connectivity index (χ4n) is 1.43. The van der Waals surface area contributed by atoms with Crippen LogP contribution in [-0.4, -0.2) is 16.5 Å². The standard InChI is InChI=1S/C7H9Br2N3/c8-5-6(9)12-7(11-5)4-2-1-3-10-4/h4,10H,1-3H2,(H,11,12)/t4-/m1/s1. The van der Waals surface area contributed by atoms with Gasteiger partial charge in [-0.25, -0.2) is 4.98 Å². The Morgan fingerprint density at radius 2 is 2.25 bits per heavy atom. The molecule has 1 saturated heterocycles. The maximum absolute atomic E-state index is 4.34. The fourth-order valence-corrected chi connectivity index (χ4v) is 2.01. The van der Waals surface area contributed by atoms with Crippen molar-refractivity contribution in [2.75, 3.05) is 6.54 Å². The van der Waals surface area contributed by atoms with Gasteiger partial charge in [-0.15, -0.1) is 0 Å². The number of aromatic nitrogens is 2. The highest BCUT2D eigenvalue weighted by atomic mass is 79.9. The molecule has 0 unspecified atom stereocenters. The summed E-state index contributed by atoms with van der Waals surface area (Å²) in [4.78, 5) is 7.53. The van der Waals surface area contributed by atoms with E-state index in [0.717, 1.165) is 21.6 Å². The highest BCUT2D eigenvalue weighted by Crippen LogP contribution is 2.26. The fraction of sp³-hybridized carbons (Fsp3) is 0.571. The van der Waals surface area contributed by atoms with Crippen molar-refractivity contribution in [1.82, 2.24) is 15.3 Å². The topological polar surface area (TPSA) is 40.7 Å². The van der Waals surface area contributed by atoms with Gasteiger partial charge in [-0.1, -0.05) is 0 Å². The molecule has 2 heterocycles. The van der Waals surface area contributed by atoms with Gasteiger partial charge in [-0.05, 0) is 51.2 Å². The zero-order chi connectivity index (χ0) is 8.55. The summed E-state index contributed by atoms with van der Waals surface area (Å²) in [7, 11) is 0. The molecule has 0 aliphatic carbocycles. The molecular formula is C7H9Br2N3. The van der Waals surface area contributed by atoms with Gasteiger partial charge in [0.1, 0.15) is 15.0 Å². The van der Waals surface area contributed by atoms with E-state index in [4.69, 9.17) is 0 Å². The SMILES string of the molecule is Brc1nc([C@H]2CCCN2)[nH]c1Br. The summed E-state index contributed by atoms with van der Waals surface area (Å²) >= 11 is 6.72. The first-order valence-electron chi connectivity index (χ1n) is 3.91. The van der Waals surface area contributed by atoms with Crippen LogP contribution in [0.25, 0.3) is 0 Å². The van der Waals surface area contributed by atoms with Crippen LogP contribution in [0.15, 0.2) is 9.21 Å².